The van der Waals surface area contributed by atoms with E-state index in [9.17, 15) is 4.79 Å². The topological polar surface area (TPSA) is 58.9 Å². The van der Waals surface area contributed by atoms with Gasteiger partial charge in [0.1, 0.15) is 0 Å². The number of furan rings is 1. The third kappa shape index (κ3) is 4.75. The zero-order valence-electron chi connectivity index (χ0n) is 14.0. The van der Waals surface area contributed by atoms with E-state index in [0.717, 1.165) is 21.9 Å². The number of carbonyl (C=O) groups is 1. The van der Waals surface area contributed by atoms with E-state index in [1.54, 1.807) is 18.0 Å². The molecule has 0 aliphatic carbocycles. The summed E-state index contributed by atoms with van der Waals surface area (Å²) in [5, 5.41) is 4.94. The molecule has 0 aliphatic rings. The first kappa shape index (κ1) is 17.3. The number of nitrogens with two attached hydrogens (primary N) is 1. The predicted octanol–water partition coefficient (Wildman–Crippen LogP) is 3.29. The number of thioether (sulfide) groups is 1. The maximum atomic E-state index is 12.3. The Morgan fingerprint density at radius 1 is 1.12 bits per heavy atom. The summed E-state index contributed by atoms with van der Waals surface area (Å²) in [4.78, 5) is 13.5. The summed E-state index contributed by atoms with van der Waals surface area (Å²) in [6.45, 7) is 0.309. The van der Waals surface area contributed by atoms with E-state index >= 15 is 0 Å². The van der Waals surface area contributed by atoms with Crippen LogP contribution in [0.5, 0.6) is 0 Å². The normalized spacial score (nSPS) is 11.9. The van der Waals surface area contributed by atoms with E-state index in [1.165, 1.54) is 0 Å². The van der Waals surface area contributed by atoms with Crippen molar-refractivity contribution in [1.82, 2.24) is 0 Å². The molecule has 5 heteroatoms. The molecule has 128 valence electrons. The Balaban J connectivity index is 1.66. The van der Waals surface area contributed by atoms with Crippen LogP contribution in [0.3, 0.4) is 0 Å². The standard InChI is InChI=1S/C20H20N2O2S/c1-25-17-10-5-9-16(13-17)22-19(23)14-21-20(18-11-6-12-24-18)15-7-3-2-4-8-15/h2-13,20-21H,14H2,1H3,(H,22,23)/p+1/t20-/m1/s1. The van der Waals surface area contributed by atoms with E-state index in [2.05, 4.69) is 5.32 Å². The van der Waals surface area contributed by atoms with Gasteiger partial charge in [-0.15, -0.1) is 11.8 Å². The van der Waals surface area contributed by atoms with Crippen LogP contribution in [0.25, 0.3) is 0 Å². The lowest BCUT2D eigenvalue weighted by molar-refractivity contribution is -0.678. The van der Waals surface area contributed by atoms with Crippen molar-refractivity contribution >= 4 is 23.4 Å². The second-order valence-electron chi connectivity index (χ2n) is 5.62. The number of hydrogen-bond acceptors (Lipinski definition) is 3. The van der Waals surface area contributed by atoms with E-state index in [4.69, 9.17) is 4.42 Å². The van der Waals surface area contributed by atoms with Gasteiger partial charge in [-0.1, -0.05) is 36.4 Å². The van der Waals surface area contributed by atoms with Crippen LogP contribution in [0, 0.1) is 0 Å². The number of nitrogens with one attached hydrogen (secondary N) is 1. The molecular formula is C20H21N2O2S+. The first-order valence-electron chi connectivity index (χ1n) is 8.12. The predicted molar refractivity (Wildman–Crippen MR) is 101 cm³/mol. The summed E-state index contributed by atoms with van der Waals surface area (Å²) >= 11 is 1.65. The van der Waals surface area contributed by atoms with Gasteiger partial charge in [-0.2, -0.15) is 0 Å². The van der Waals surface area contributed by atoms with Crippen molar-refractivity contribution in [3.63, 3.8) is 0 Å². The molecule has 3 aromatic rings. The van der Waals surface area contributed by atoms with Crippen molar-refractivity contribution < 1.29 is 14.5 Å². The van der Waals surface area contributed by atoms with E-state index in [-0.39, 0.29) is 11.9 Å². The Hall–Kier alpha value is -2.50. The van der Waals surface area contributed by atoms with Gasteiger partial charge in [0, 0.05) is 16.1 Å². The maximum absolute atomic E-state index is 12.3. The SMILES string of the molecule is CSc1cccc(NC(=O)C[NH2+][C@H](c2ccccc2)c2ccco2)c1. The average Bonchev–Trinajstić information content (AvgIpc) is 3.17. The van der Waals surface area contributed by atoms with Crippen molar-refractivity contribution in [1.29, 1.82) is 0 Å². The molecule has 1 atom stereocenters. The maximum Gasteiger partial charge on any atom is 0.279 e. The molecule has 0 unspecified atom stereocenters. The molecule has 0 radical (unpaired) electrons. The van der Waals surface area contributed by atoms with Crippen LogP contribution in [-0.4, -0.2) is 18.7 Å². The van der Waals surface area contributed by atoms with E-state index in [0.29, 0.717) is 6.54 Å². The minimum absolute atomic E-state index is 0.0364. The second-order valence-corrected chi connectivity index (χ2v) is 6.50. The van der Waals surface area contributed by atoms with Crippen LogP contribution in [0.15, 0.2) is 82.3 Å². The number of hydrogen-bond donors (Lipinski definition) is 2. The number of benzene rings is 2. The molecule has 2 aromatic carbocycles. The minimum Gasteiger partial charge on any atom is -0.463 e. The lowest BCUT2D eigenvalue weighted by atomic mass is 10.0. The number of anilines is 1. The Bertz CT molecular complexity index is 804. The Labute approximate surface area is 151 Å². The third-order valence-corrected chi connectivity index (χ3v) is 4.63. The van der Waals surface area contributed by atoms with Gasteiger partial charge < -0.3 is 15.1 Å². The van der Waals surface area contributed by atoms with Crippen molar-refractivity contribution in [3.8, 4) is 0 Å². The fraction of sp³-hybridized carbons (Fsp3) is 0.150. The molecule has 0 saturated carbocycles. The fourth-order valence-corrected chi connectivity index (χ4v) is 3.14. The summed E-state index contributed by atoms with van der Waals surface area (Å²) in [7, 11) is 0. The van der Waals surface area contributed by atoms with Crippen LogP contribution in [-0.2, 0) is 4.79 Å². The highest BCUT2D eigenvalue weighted by Crippen LogP contribution is 2.19. The van der Waals surface area contributed by atoms with Gasteiger partial charge in [-0.25, -0.2) is 0 Å². The molecule has 0 spiro atoms. The number of rotatable bonds is 7. The van der Waals surface area contributed by atoms with Gasteiger partial charge in [-0.05, 0) is 36.6 Å². The van der Waals surface area contributed by atoms with Crippen molar-refractivity contribution in [3.05, 3.63) is 84.3 Å². The molecule has 1 aromatic heterocycles. The Kier molecular flexibility index (Phi) is 5.93. The van der Waals surface area contributed by atoms with Gasteiger partial charge in [-0.3, -0.25) is 4.79 Å². The highest BCUT2D eigenvalue weighted by Gasteiger charge is 2.21. The lowest BCUT2D eigenvalue weighted by Gasteiger charge is -2.14. The van der Waals surface area contributed by atoms with Crippen LogP contribution in [0.1, 0.15) is 17.4 Å². The van der Waals surface area contributed by atoms with Crippen molar-refractivity contribution in [2.75, 3.05) is 18.1 Å². The van der Waals surface area contributed by atoms with Crippen molar-refractivity contribution in [2.45, 2.75) is 10.9 Å². The van der Waals surface area contributed by atoms with Gasteiger partial charge in [0.15, 0.2) is 18.3 Å². The molecule has 3 N–H and O–H groups in total. The van der Waals surface area contributed by atoms with E-state index in [1.807, 2.05) is 78.3 Å². The molecule has 0 aliphatic heterocycles. The molecular weight excluding hydrogens is 332 g/mol. The smallest absolute Gasteiger partial charge is 0.279 e. The second kappa shape index (κ2) is 8.55. The fourth-order valence-electron chi connectivity index (χ4n) is 2.68. The molecule has 0 saturated heterocycles. The Morgan fingerprint density at radius 2 is 1.96 bits per heavy atom. The monoisotopic (exact) mass is 353 g/mol. The summed E-state index contributed by atoms with van der Waals surface area (Å²) < 4.78 is 5.57. The summed E-state index contributed by atoms with van der Waals surface area (Å²) in [5.74, 6) is 0.800. The molecule has 1 amide bonds. The zero-order chi connectivity index (χ0) is 17.5. The third-order valence-electron chi connectivity index (χ3n) is 3.90. The summed E-state index contributed by atoms with van der Waals surface area (Å²) in [5.41, 5.74) is 1.93. The van der Waals surface area contributed by atoms with Gasteiger partial charge >= 0.3 is 0 Å². The molecule has 1 heterocycles. The molecule has 0 bridgehead atoms. The highest BCUT2D eigenvalue weighted by atomic mass is 32.2. The first-order valence-corrected chi connectivity index (χ1v) is 9.34. The van der Waals surface area contributed by atoms with Crippen molar-refractivity contribution in [2.24, 2.45) is 0 Å². The number of carbonyl (C=O) groups excluding carboxylic acids is 1. The number of amides is 1. The van der Waals surface area contributed by atoms with Gasteiger partial charge in [0.2, 0.25) is 0 Å². The molecule has 4 nitrogen and oxygen atoms in total. The summed E-state index contributed by atoms with van der Waals surface area (Å²) in [6.07, 6.45) is 3.68. The van der Waals surface area contributed by atoms with E-state index < -0.39 is 0 Å². The minimum atomic E-state index is -0.0421. The number of quaternary nitrogens is 1. The highest BCUT2D eigenvalue weighted by molar-refractivity contribution is 7.98. The quantitative estimate of drug-likeness (QED) is 0.641. The van der Waals surface area contributed by atoms with Gasteiger partial charge in [0.25, 0.3) is 5.91 Å². The zero-order valence-corrected chi connectivity index (χ0v) is 14.8. The first-order chi connectivity index (χ1) is 12.3. The molecule has 3 rings (SSSR count). The summed E-state index contributed by atoms with van der Waals surface area (Å²) in [6, 6.07) is 21.7. The van der Waals surface area contributed by atoms with Crippen LogP contribution in [0.4, 0.5) is 5.69 Å². The van der Waals surface area contributed by atoms with Crippen LogP contribution in [0.2, 0.25) is 0 Å². The largest absolute Gasteiger partial charge is 0.463 e. The molecule has 25 heavy (non-hydrogen) atoms. The van der Waals surface area contributed by atoms with Crippen LogP contribution >= 0.6 is 11.8 Å². The average molecular weight is 353 g/mol. The lowest BCUT2D eigenvalue weighted by Crippen LogP contribution is -2.87. The van der Waals surface area contributed by atoms with Gasteiger partial charge in [0.05, 0.1) is 6.26 Å². The van der Waals surface area contributed by atoms with Crippen LogP contribution < -0.4 is 10.6 Å². The molecule has 0 fully saturated rings. The Morgan fingerprint density at radius 3 is 2.68 bits per heavy atom.